The zero-order valence-corrected chi connectivity index (χ0v) is 20.1. The van der Waals surface area contributed by atoms with Crippen molar-refractivity contribution in [2.24, 2.45) is 0 Å². The average Bonchev–Trinajstić information content (AvgIpc) is 3.46. The summed E-state index contributed by atoms with van der Waals surface area (Å²) in [7, 11) is 0. The lowest BCUT2D eigenvalue weighted by Crippen LogP contribution is -2.35. The van der Waals surface area contributed by atoms with Crippen molar-refractivity contribution in [2.45, 2.75) is 25.5 Å². The van der Waals surface area contributed by atoms with E-state index in [9.17, 15) is 9.59 Å². The van der Waals surface area contributed by atoms with E-state index in [1.165, 1.54) is 11.8 Å². The monoisotopic (exact) mass is 495 g/mol. The number of hydrogen-bond acceptors (Lipinski definition) is 6. The van der Waals surface area contributed by atoms with E-state index in [2.05, 4.69) is 20.8 Å². The van der Waals surface area contributed by atoms with Gasteiger partial charge in [-0.2, -0.15) is 0 Å². The Bertz CT molecular complexity index is 1300. The molecule has 4 aromatic rings. The number of nitrogens with one attached hydrogen (secondary N) is 2. The van der Waals surface area contributed by atoms with Crippen LogP contribution in [0, 0.1) is 13.8 Å². The Labute approximate surface area is 205 Å². The van der Waals surface area contributed by atoms with Gasteiger partial charge in [-0.15, -0.1) is 10.2 Å². The number of urea groups is 1. The molecule has 34 heavy (non-hydrogen) atoms. The molecule has 2 N–H and O–H groups in total. The zero-order chi connectivity index (χ0) is 24.1. The molecule has 0 bridgehead atoms. The van der Waals surface area contributed by atoms with Gasteiger partial charge in [-0.1, -0.05) is 35.5 Å². The number of nitrogens with zero attached hydrogens (tertiary/aromatic N) is 3. The number of hydrogen-bond donors (Lipinski definition) is 2. The number of aromatic nitrogens is 3. The molecule has 0 saturated heterocycles. The number of benzene rings is 2. The second kappa shape index (κ2) is 10.6. The van der Waals surface area contributed by atoms with Gasteiger partial charge in [-0.05, 0) is 67.4 Å². The fraction of sp³-hybridized carbons (Fsp3) is 0.167. The van der Waals surface area contributed by atoms with E-state index in [4.69, 9.17) is 16.0 Å². The molecule has 0 radical (unpaired) electrons. The molecule has 10 heteroatoms. The second-order valence-electron chi connectivity index (χ2n) is 7.52. The summed E-state index contributed by atoms with van der Waals surface area (Å²) in [6.45, 7) is 4.25. The third-order valence-electron chi connectivity index (χ3n) is 5.15. The third-order valence-corrected chi connectivity index (χ3v) is 6.37. The summed E-state index contributed by atoms with van der Waals surface area (Å²) in [5.41, 5.74) is 3.48. The van der Waals surface area contributed by atoms with E-state index in [-0.39, 0.29) is 5.75 Å². The lowest BCUT2D eigenvalue weighted by molar-refractivity contribution is -0.117. The Hall–Kier alpha value is -3.56. The number of thioether (sulfide) groups is 1. The largest absolute Gasteiger partial charge is 0.467 e. The molecule has 0 aliphatic rings. The number of aryl methyl sites for hydroxylation is 1. The van der Waals surface area contributed by atoms with Gasteiger partial charge in [-0.25, -0.2) is 4.79 Å². The molecule has 2 aromatic heterocycles. The highest BCUT2D eigenvalue weighted by Gasteiger charge is 2.18. The van der Waals surface area contributed by atoms with Crippen molar-refractivity contribution >= 4 is 41.0 Å². The van der Waals surface area contributed by atoms with Crippen molar-refractivity contribution in [3.05, 3.63) is 82.8 Å². The third kappa shape index (κ3) is 5.67. The highest BCUT2D eigenvalue weighted by atomic mass is 35.5. The fourth-order valence-electron chi connectivity index (χ4n) is 3.24. The van der Waals surface area contributed by atoms with Crippen molar-refractivity contribution in [1.82, 2.24) is 20.1 Å². The molecule has 0 fully saturated rings. The van der Waals surface area contributed by atoms with E-state index < -0.39 is 11.9 Å². The lowest BCUT2D eigenvalue weighted by atomic mass is 10.1. The second-order valence-corrected chi connectivity index (χ2v) is 8.90. The predicted molar refractivity (Wildman–Crippen MR) is 132 cm³/mol. The molecule has 4 rings (SSSR count). The van der Waals surface area contributed by atoms with Crippen LogP contribution in [0.4, 0.5) is 10.5 Å². The molecule has 174 valence electrons. The summed E-state index contributed by atoms with van der Waals surface area (Å²) in [5, 5.41) is 14.8. The van der Waals surface area contributed by atoms with E-state index in [0.29, 0.717) is 34.0 Å². The van der Waals surface area contributed by atoms with Crippen LogP contribution in [0.3, 0.4) is 0 Å². The van der Waals surface area contributed by atoms with Crippen LogP contribution in [-0.4, -0.2) is 32.5 Å². The van der Waals surface area contributed by atoms with Crippen molar-refractivity contribution in [3.8, 4) is 11.4 Å². The molecule has 0 saturated carbocycles. The van der Waals surface area contributed by atoms with E-state index in [0.717, 1.165) is 16.7 Å². The number of amides is 3. The quantitative estimate of drug-likeness (QED) is 0.337. The minimum absolute atomic E-state index is 0.0167. The van der Waals surface area contributed by atoms with Gasteiger partial charge in [0.25, 0.3) is 0 Å². The lowest BCUT2D eigenvalue weighted by Gasteiger charge is -2.11. The zero-order valence-electron chi connectivity index (χ0n) is 18.5. The van der Waals surface area contributed by atoms with Gasteiger partial charge in [0, 0.05) is 16.3 Å². The van der Waals surface area contributed by atoms with Crippen molar-refractivity contribution in [1.29, 1.82) is 0 Å². The smallest absolute Gasteiger partial charge is 0.325 e. The van der Waals surface area contributed by atoms with Crippen LogP contribution >= 0.6 is 23.4 Å². The van der Waals surface area contributed by atoms with Gasteiger partial charge in [0.15, 0.2) is 11.0 Å². The van der Waals surface area contributed by atoms with Crippen molar-refractivity contribution < 1.29 is 14.0 Å². The number of anilines is 1. The fourth-order valence-corrected chi connectivity index (χ4v) is 4.11. The normalized spacial score (nSPS) is 10.8. The number of halogens is 1. The molecule has 0 atom stereocenters. The van der Waals surface area contributed by atoms with Gasteiger partial charge >= 0.3 is 6.03 Å². The van der Waals surface area contributed by atoms with Crippen LogP contribution in [0.15, 0.2) is 70.4 Å². The minimum Gasteiger partial charge on any atom is -0.467 e. The molecule has 8 nitrogen and oxygen atoms in total. The van der Waals surface area contributed by atoms with Crippen LogP contribution in [0.25, 0.3) is 11.4 Å². The Morgan fingerprint density at radius 1 is 1.06 bits per heavy atom. The van der Waals surface area contributed by atoms with Gasteiger partial charge in [0.2, 0.25) is 5.91 Å². The number of furan rings is 1. The SMILES string of the molecule is Cc1cccc(NC(=O)NC(=O)CSc2nnc(-c3ccc(Cl)cc3)n2Cc2ccco2)c1C. The first kappa shape index (κ1) is 23.6. The minimum atomic E-state index is -0.585. The first-order valence-electron chi connectivity index (χ1n) is 10.4. The maximum absolute atomic E-state index is 12.4. The Morgan fingerprint density at radius 3 is 2.59 bits per heavy atom. The van der Waals surface area contributed by atoms with Crippen LogP contribution in [-0.2, 0) is 11.3 Å². The summed E-state index contributed by atoms with van der Waals surface area (Å²) >= 11 is 7.19. The molecule has 0 spiro atoms. The Morgan fingerprint density at radius 2 is 1.85 bits per heavy atom. The maximum Gasteiger partial charge on any atom is 0.325 e. The number of imide groups is 1. The van der Waals surface area contributed by atoms with Crippen LogP contribution in [0.1, 0.15) is 16.9 Å². The van der Waals surface area contributed by atoms with Gasteiger partial charge in [-0.3, -0.25) is 14.7 Å². The van der Waals surface area contributed by atoms with Crippen LogP contribution < -0.4 is 10.6 Å². The van der Waals surface area contributed by atoms with E-state index in [1.54, 1.807) is 30.5 Å². The molecular weight excluding hydrogens is 474 g/mol. The molecule has 0 aliphatic carbocycles. The Kier molecular flexibility index (Phi) is 7.34. The van der Waals surface area contributed by atoms with Crippen molar-refractivity contribution in [3.63, 3.8) is 0 Å². The highest BCUT2D eigenvalue weighted by molar-refractivity contribution is 7.99. The standard InChI is InChI=1S/C24H22ClN5O3S/c1-15-5-3-7-20(16(15)2)26-23(32)27-21(31)14-34-24-29-28-22(17-8-10-18(25)11-9-17)30(24)13-19-6-4-12-33-19/h3-12H,13-14H2,1-2H3,(H2,26,27,31,32). The Balaban J connectivity index is 1.44. The summed E-state index contributed by atoms with van der Waals surface area (Å²) in [4.78, 5) is 24.7. The van der Waals surface area contributed by atoms with Crippen molar-refractivity contribution in [2.75, 3.05) is 11.1 Å². The summed E-state index contributed by atoms with van der Waals surface area (Å²) in [6, 6.07) is 15.9. The number of rotatable bonds is 7. The predicted octanol–water partition coefficient (Wildman–Crippen LogP) is 5.30. The van der Waals surface area contributed by atoms with E-state index >= 15 is 0 Å². The molecule has 2 heterocycles. The molecule has 3 amide bonds. The van der Waals surface area contributed by atoms with Crippen LogP contribution in [0.2, 0.25) is 5.02 Å². The molecule has 0 aliphatic heterocycles. The summed E-state index contributed by atoms with van der Waals surface area (Å²) in [5.74, 6) is 0.864. The highest BCUT2D eigenvalue weighted by Crippen LogP contribution is 2.26. The average molecular weight is 496 g/mol. The summed E-state index contributed by atoms with van der Waals surface area (Å²) in [6.07, 6.45) is 1.59. The first-order valence-corrected chi connectivity index (χ1v) is 11.8. The number of carbonyl (C=O) groups is 2. The van der Waals surface area contributed by atoms with Gasteiger partial charge < -0.3 is 9.73 Å². The molecular formula is C24H22ClN5O3S. The molecule has 2 aromatic carbocycles. The molecule has 0 unspecified atom stereocenters. The number of carbonyl (C=O) groups excluding carboxylic acids is 2. The maximum atomic E-state index is 12.4. The van der Waals surface area contributed by atoms with Gasteiger partial charge in [0.1, 0.15) is 5.76 Å². The van der Waals surface area contributed by atoms with E-state index in [1.807, 2.05) is 48.7 Å². The van der Waals surface area contributed by atoms with Crippen LogP contribution in [0.5, 0.6) is 0 Å². The first-order chi connectivity index (χ1) is 16.4. The summed E-state index contributed by atoms with van der Waals surface area (Å²) < 4.78 is 7.34. The van der Waals surface area contributed by atoms with Gasteiger partial charge in [0.05, 0.1) is 18.6 Å². The topological polar surface area (TPSA) is 102 Å².